The van der Waals surface area contributed by atoms with Crippen LogP contribution in [0.25, 0.3) is 0 Å². The SMILES string of the molecule is CCOC(=O)c1ccccc1Nc1cncc(C(=O)N2CCN(CC)CC2)c1. The summed E-state index contributed by atoms with van der Waals surface area (Å²) >= 11 is 0. The molecule has 0 radical (unpaired) electrons. The van der Waals surface area contributed by atoms with Crippen molar-refractivity contribution in [3.8, 4) is 0 Å². The quantitative estimate of drug-likeness (QED) is 0.775. The Morgan fingerprint density at radius 2 is 1.86 bits per heavy atom. The number of carbonyl (C=O) groups excluding carboxylic acids is 2. The lowest BCUT2D eigenvalue weighted by molar-refractivity contribution is 0.0527. The number of hydrogen-bond acceptors (Lipinski definition) is 6. The summed E-state index contributed by atoms with van der Waals surface area (Å²) in [6.45, 7) is 8.43. The number of nitrogens with one attached hydrogen (secondary N) is 1. The Morgan fingerprint density at radius 3 is 2.57 bits per heavy atom. The molecule has 1 amide bonds. The fourth-order valence-corrected chi connectivity index (χ4v) is 3.21. The second-order valence-corrected chi connectivity index (χ2v) is 6.58. The first kappa shape index (κ1) is 19.8. The fraction of sp³-hybridized carbons (Fsp3) is 0.381. The van der Waals surface area contributed by atoms with Gasteiger partial charge >= 0.3 is 5.97 Å². The number of pyridine rings is 1. The van der Waals surface area contributed by atoms with Crippen LogP contribution >= 0.6 is 0 Å². The molecule has 28 heavy (non-hydrogen) atoms. The van der Waals surface area contributed by atoms with Crippen LogP contribution in [-0.4, -0.2) is 66.0 Å². The van der Waals surface area contributed by atoms with E-state index in [1.165, 1.54) is 0 Å². The highest BCUT2D eigenvalue weighted by Crippen LogP contribution is 2.22. The summed E-state index contributed by atoms with van der Waals surface area (Å²) < 4.78 is 5.11. The molecule has 0 saturated carbocycles. The summed E-state index contributed by atoms with van der Waals surface area (Å²) in [7, 11) is 0. The minimum Gasteiger partial charge on any atom is -0.462 e. The van der Waals surface area contributed by atoms with Gasteiger partial charge in [0.15, 0.2) is 0 Å². The third-order valence-corrected chi connectivity index (χ3v) is 4.79. The summed E-state index contributed by atoms with van der Waals surface area (Å²) in [5.74, 6) is -0.412. The largest absolute Gasteiger partial charge is 0.462 e. The molecule has 0 atom stereocenters. The van der Waals surface area contributed by atoms with E-state index >= 15 is 0 Å². The van der Waals surface area contributed by atoms with Crippen LogP contribution in [0, 0.1) is 0 Å². The zero-order valence-electron chi connectivity index (χ0n) is 16.4. The number of para-hydroxylation sites is 1. The van der Waals surface area contributed by atoms with Crippen LogP contribution in [0.2, 0.25) is 0 Å². The third kappa shape index (κ3) is 4.67. The van der Waals surface area contributed by atoms with Gasteiger partial charge in [0.2, 0.25) is 0 Å². The number of ether oxygens (including phenoxy) is 1. The highest BCUT2D eigenvalue weighted by atomic mass is 16.5. The lowest BCUT2D eigenvalue weighted by Gasteiger charge is -2.34. The van der Waals surface area contributed by atoms with Crippen molar-refractivity contribution < 1.29 is 14.3 Å². The van der Waals surface area contributed by atoms with Gasteiger partial charge in [0.25, 0.3) is 5.91 Å². The molecule has 0 spiro atoms. The molecule has 7 heteroatoms. The monoisotopic (exact) mass is 382 g/mol. The van der Waals surface area contributed by atoms with E-state index in [1.807, 2.05) is 11.0 Å². The molecule has 0 bridgehead atoms. The van der Waals surface area contributed by atoms with Gasteiger partial charge in [-0.25, -0.2) is 4.79 Å². The number of aromatic nitrogens is 1. The van der Waals surface area contributed by atoms with E-state index in [1.54, 1.807) is 43.6 Å². The Labute approximate surface area is 165 Å². The average molecular weight is 382 g/mol. The molecule has 1 fully saturated rings. The highest BCUT2D eigenvalue weighted by Gasteiger charge is 2.22. The molecule has 0 unspecified atom stereocenters. The van der Waals surface area contributed by atoms with Gasteiger partial charge in [-0.15, -0.1) is 0 Å². The van der Waals surface area contributed by atoms with Crippen molar-refractivity contribution in [2.45, 2.75) is 13.8 Å². The number of piperazine rings is 1. The van der Waals surface area contributed by atoms with Gasteiger partial charge in [0, 0.05) is 32.4 Å². The van der Waals surface area contributed by atoms with Crippen molar-refractivity contribution in [3.05, 3.63) is 53.9 Å². The number of likely N-dealkylation sites (N-methyl/N-ethyl adjacent to an activating group) is 1. The number of hydrogen-bond donors (Lipinski definition) is 1. The van der Waals surface area contributed by atoms with Gasteiger partial charge in [-0.2, -0.15) is 0 Å². The molecule has 1 saturated heterocycles. The molecule has 0 aliphatic carbocycles. The normalized spacial score (nSPS) is 14.6. The van der Waals surface area contributed by atoms with Crippen LogP contribution < -0.4 is 5.32 Å². The van der Waals surface area contributed by atoms with Crippen molar-refractivity contribution >= 4 is 23.3 Å². The minimum atomic E-state index is -0.389. The van der Waals surface area contributed by atoms with Gasteiger partial charge in [-0.3, -0.25) is 9.78 Å². The second kappa shape index (κ2) is 9.32. The number of nitrogens with zero attached hydrogens (tertiary/aromatic N) is 3. The molecule has 7 nitrogen and oxygen atoms in total. The third-order valence-electron chi connectivity index (χ3n) is 4.79. The van der Waals surface area contributed by atoms with E-state index in [4.69, 9.17) is 4.74 Å². The van der Waals surface area contributed by atoms with E-state index in [9.17, 15) is 9.59 Å². The number of rotatable bonds is 6. The summed E-state index contributed by atoms with van der Waals surface area (Å²) in [6.07, 6.45) is 3.21. The Balaban J connectivity index is 1.74. The molecule has 1 aromatic carbocycles. The average Bonchev–Trinajstić information content (AvgIpc) is 2.74. The number of esters is 1. The van der Waals surface area contributed by atoms with E-state index in [0.29, 0.717) is 29.1 Å². The maximum atomic E-state index is 12.8. The van der Waals surface area contributed by atoms with E-state index < -0.39 is 0 Å². The lowest BCUT2D eigenvalue weighted by Crippen LogP contribution is -2.48. The zero-order chi connectivity index (χ0) is 19.9. The minimum absolute atomic E-state index is 0.0226. The van der Waals surface area contributed by atoms with Crippen molar-refractivity contribution in [2.24, 2.45) is 0 Å². The summed E-state index contributed by atoms with van der Waals surface area (Å²) in [4.78, 5) is 33.4. The summed E-state index contributed by atoms with van der Waals surface area (Å²) in [6, 6.07) is 8.89. The first-order valence-corrected chi connectivity index (χ1v) is 9.62. The van der Waals surface area contributed by atoms with Gasteiger partial charge < -0.3 is 19.9 Å². The first-order valence-electron chi connectivity index (χ1n) is 9.62. The molecular weight excluding hydrogens is 356 g/mol. The molecule has 1 N–H and O–H groups in total. The van der Waals surface area contributed by atoms with Crippen LogP contribution in [0.4, 0.5) is 11.4 Å². The topological polar surface area (TPSA) is 74.8 Å². The predicted molar refractivity (Wildman–Crippen MR) is 108 cm³/mol. The molecule has 2 aromatic rings. The van der Waals surface area contributed by atoms with Gasteiger partial charge in [0.05, 0.1) is 35.3 Å². The van der Waals surface area contributed by atoms with Gasteiger partial charge in [-0.05, 0) is 31.7 Å². The maximum Gasteiger partial charge on any atom is 0.340 e. The number of carbonyl (C=O) groups is 2. The summed E-state index contributed by atoms with van der Waals surface area (Å²) in [5.41, 5.74) is 2.24. The Morgan fingerprint density at radius 1 is 1.11 bits per heavy atom. The van der Waals surface area contributed by atoms with E-state index in [-0.39, 0.29) is 11.9 Å². The molecule has 148 valence electrons. The molecule has 2 heterocycles. The first-order chi connectivity index (χ1) is 13.6. The molecular formula is C21H26N4O3. The second-order valence-electron chi connectivity index (χ2n) is 6.58. The predicted octanol–water partition coefficient (Wildman–Crippen LogP) is 2.78. The number of anilines is 2. The summed E-state index contributed by atoms with van der Waals surface area (Å²) in [5, 5.41) is 3.18. The van der Waals surface area contributed by atoms with E-state index in [0.717, 1.165) is 32.7 Å². The molecule has 3 rings (SSSR count). The molecule has 1 aliphatic heterocycles. The van der Waals surface area contributed by atoms with Crippen molar-refractivity contribution in [3.63, 3.8) is 0 Å². The standard InChI is InChI=1S/C21H26N4O3/c1-3-24-9-11-25(12-10-24)20(26)16-13-17(15-22-14-16)23-19-8-6-5-7-18(19)21(27)28-4-2/h5-8,13-15,23H,3-4,9-12H2,1-2H3. The Bertz CT molecular complexity index is 832. The smallest absolute Gasteiger partial charge is 0.340 e. The highest BCUT2D eigenvalue weighted by molar-refractivity contribution is 5.97. The zero-order valence-corrected chi connectivity index (χ0v) is 16.4. The van der Waals surface area contributed by atoms with Crippen LogP contribution in [0.15, 0.2) is 42.7 Å². The van der Waals surface area contributed by atoms with Crippen LogP contribution in [0.5, 0.6) is 0 Å². The van der Waals surface area contributed by atoms with Crippen LogP contribution in [0.3, 0.4) is 0 Å². The van der Waals surface area contributed by atoms with Crippen molar-refractivity contribution in [1.29, 1.82) is 0 Å². The van der Waals surface area contributed by atoms with Crippen molar-refractivity contribution in [2.75, 3.05) is 44.6 Å². The maximum absolute atomic E-state index is 12.8. The van der Waals surface area contributed by atoms with E-state index in [2.05, 4.69) is 22.1 Å². The number of amides is 1. The molecule has 1 aromatic heterocycles. The molecule has 1 aliphatic rings. The Hall–Kier alpha value is -2.93. The van der Waals surface area contributed by atoms with Crippen LogP contribution in [0.1, 0.15) is 34.6 Å². The van der Waals surface area contributed by atoms with Gasteiger partial charge in [0.1, 0.15) is 0 Å². The van der Waals surface area contributed by atoms with Crippen molar-refractivity contribution in [1.82, 2.24) is 14.8 Å². The fourth-order valence-electron chi connectivity index (χ4n) is 3.21. The Kier molecular flexibility index (Phi) is 6.60. The number of benzene rings is 1. The van der Waals surface area contributed by atoms with Crippen LogP contribution in [-0.2, 0) is 4.74 Å². The lowest BCUT2D eigenvalue weighted by atomic mass is 10.1. The van der Waals surface area contributed by atoms with Gasteiger partial charge in [-0.1, -0.05) is 19.1 Å².